The van der Waals surface area contributed by atoms with Crippen molar-refractivity contribution in [3.8, 4) is 39.7 Å². The molecule has 0 aliphatic carbocycles. The van der Waals surface area contributed by atoms with Crippen LogP contribution in [0.15, 0.2) is 127 Å². The zero-order chi connectivity index (χ0) is 48.9. The first-order valence-electron chi connectivity index (χ1n) is 25.4. The number of anilines is 3. The molecule has 11 rings (SSSR count). The molecule has 7 aromatic carbocycles. The van der Waals surface area contributed by atoms with Gasteiger partial charge in [-0.25, -0.2) is 4.98 Å². The van der Waals surface area contributed by atoms with Crippen molar-refractivity contribution in [2.75, 3.05) is 4.90 Å². The van der Waals surface area contributed by atoms with Gasteiger partial charge in [-0.15, -0.1) is 0 Å². The molecule has 3 aliphatic rings. The van der Waals surface area contributed by atoms with Gasteiger partial charge in [-0.1, -0.05) is 189 Å². The van der Waals surface area contributed by atoms with Crippen molar-refractivity contribution in [3.63, 3.8) is 0 Å². The van der Waals surface area contributed by atoms with Crippen molar-refractivity contribution < 1.29 is 4.74 Å². The maximum Gasteiger partial charge on any atom is 0.256 e. The van der Waals surface area contributed by atoms with Gasteiger partial charge in [0.05, 0.1) is 22.4 Å². The number of benzene rings is 7. The summed E-state index contributed by atoms with van der Waals surface area (Å²) < 4.78 is 9.70. The van der Waals surface area contributed by atoms with Crippen LogP contribution in [0.1, 0.15) is 155 Å². The molecule has 3 aliphatic heterocycles. The summed E-state index contributed by atoms with van der Waals surface area (Å²) in [6.07, 6.45) is 0. The molecule has 0 unspecified atom stereocenters. The molecule has 1 aromatic heterocycles. The second kappa shape index (κ2) is 15.3. The third kappa shape index (κ3) is 7.04. The second-order valence-corrected chi connectivity index (χ2v) is 24.5. The van der Waals surface area contributed by atoms with Crippen molar-refractivity contribution in [1.82, 2.24) is 9.55 Å². The molecule has 0 saturated carbocycles. The fourth-order valence-electron chi connectivity index (χ4n) is 11.6. The Labute approximate surface area is 411 Å². The van der Waals surface area contributed by atoms with E-state index < -0.39 is 0 Å². The number of ether oxygens (including phenoxy) is 1. The molecule has 0 amide bonds. The molecule has 0 bridgehead atoms. The molecule has 8 aromatic rings. The van der Waals surface area contributed by atoms with E-state index in [0.29, 0.717) is 11.8 Å². The Morgan fingerprint density at radius 3 is 1.81 bits per heavy atom. The van der Waals surface area contributed by atoms with Gasteiger partial charge in [0.25, 0.3) is 6.71 Å². The fourth-order valence-corrected chi connectivity index (χ4v) is 11.6. The topological polar surface area (TPSA) is 30.3 Å². The molecule has 0 saturated heterocycles. The molecule has 0 radical (unpaired) electrons. The second-order valence-electron chi connectivity index (χ2n) is 24.5. The van der Waals surface area contributed by atoms with Gasteiger partial charge in [0.1, 0.15) is 17.3 Å². The van der Waals surface area contributed by atoms with Gasteiger partial charge in [0.15, 0.2) is 0 Å². The van der Waals surface area contributed by atoms with Crippen molar-refractivity contribution in [2.24, 2.45) is 0 Å². The van der Waals surface area contributed by atoms with Crippen molar-refractivity contribution in [1.29, 1.82) is 0 Å². The molecule has 5 heteroatoms. The molecule has 4 heterocycles. The Kier molecular flexibility index (Phi) is 10.0. The summed E-state index contributed by atoms with van der Waals surface area (Å²) >= 11 is 0. The Hall–Kier alpha value is -6.33. The summed E-state index contributed by atoms with van der Waals surface area (Å²) in [7, 11) is 0. The van der Waals surface area contributed by atoms with Gasteiger partial charge >= 0.3 is 0 Å². The zero-order valence-electron chi connectivity index (χ0n) is 43.6. The summed E-state index contributed by atoms with van der Waals surface area (Å²) in [4.78, 5) is 8.07. The number of fused-ring (bicyclic) bond motifs is 7. The van der Waals surface area contributed by atoms with Gasteiger partial charge in [-0.05, 0) is 137 Å². The summed E-state index contributed by atoms with van der Waals surface area (Å²) in [6, 6.07) is 48.6. The smallest absolute Gasteiger partial charge is 0.256 e. The largest absolute Gasteiger partial charge is 0.458 e. The molecule has 0 fully saturated rings. The molecular weight excluding hydrogens is 838 g/mol. The van der Waals surface area contributed by atoms with E-state index in [2.05, 4.69) is 241 Å². The standard InChI is InChI=1S/C64H68BN3O/c1-37(2)45-22-19-23-46(38(3)4)58(45)68-53-25-17-16-24-51(53)66-60(68)40-21-18-20-39(30-40)41-31-54-57-56(32-41)69-55-29-27-43(62(8,9)10)35-49(55)65(57)50-36-44(63(11,12)13)34-48-59(50)67(54)52-28-26-42(61(5,6)7)33-47(52)64(48,14)15/h16-38H,1-15H3. The average Bonchev–Trinajstić information content (AvgIpc) is 3.68. The van der Waals surface area contributed by atoms with Gasteiger partial charge in [0.2, 0.25) is 0 Å². The lowest BCUT2D eigenvalue weighted by molar-refractivity contribution is 0.486. The third-order valence-electron chi connectivity index (χ3n) is 15.6. The number of hydrogen-bond donors (Lipinski definition) is 0. The van der Waals surface area contributed by atoms with Gasteiger partial charge in [0, 0.05) is 22.4 Å². The summed E-state index contributed by atoms with van der Waals surface area (Å²) in [5.74, 6) is 3.46. The highest BCUT2D eigenvalue weighted by Gasteiger charge is 2.49. The van der Waals surface area contributed by atoms with Crippen LogP contribution in [0.5, 0.6) is 11.5 Å². The van der Waals surface area contributed by atoms with Gasteiger partial charge < -0.3 is 9.64 Å². The zero-order valence-corrected chi connectivity index (χ0v) is 43.6. The molecule has 348 valence electrons. The van der Waals surface area contributed by atoms with E-state index in [1.54, 1.807) is 0 Å². The molecule has 0 spiro atoms. The van der Waals surface area contributed by atoms with Crippen LogP contribution in [0.3, 0.4) is 0 Å². The van der Waals surface area contributed by atoms with Crippen LogP contribution in [-0.2, 0) is 21.7 Å². The Morgan fingerprint density at radius 2 is 1.13 bits per heavy atom. The summed E-state index contributed by atoms with van der Waals surface area (Å²) in [5.41, 5.74) is 23.3. The van der Waals surface area contributed by atoms with E-state index in [4.69, 9.17) is 9.72 Å². The Balaban J connectivity index is 1.19. The number of hydrogen-bond acceptors (Lipinski definition) is 3. The predicted octanol–water partition coefficient (Wildman–Crippen LogP) is 15.5. The highest BCUT2D eigenvalue weighted by molar-refractivity contribution is 6.99. The van der Waals surface area contributed by atoms with E-state index in [1.807, 2.05) is 0 Å². The van der Waals surface area contributed by atoms with Crippen LogP contribution in [0.4, 0.5) is 17.1 Å². The maximum atomic E-state index is 7.26. The lowest BCUT2D eigenvalue weighted by Crippen LogP contribution is -2.61. The van der Waals surface area contributed by atoms with E-state index in [-0.39, 0.29) is 28.4 Å². The minimum atomic E-state index is -0.263. The predicted molar refractivity (Wildman–Crippen MR) is 294 cm³/mol. The minimum absolute atomic E-state index is 0.00298. The van der Waals surface area contributed by atoms with Crippen LogP contribution in [0.25, 0.3) is 39.2 Å². The summed E-state index contributed by atoms with van der Waals surface area (Å²) in [6.45, 7) is 35.1. The van der Waals surface area contributed by atoms with E-state index in [0.717, 1.165) is 45.0 Å². The SMILES string of the molecule is CC(C)c1cccc(C(C)C)c1-n1c(-c2cccc(-c3cc4c5c(c3)N3c6ccc(C(C)(C)C)cc6C(C)(C)c6cc(C(C)(C)C)cc(c63)B5c3cc(C(C)(C)C)ccc3O4)c2)nc2ccccc21. The lowest BCUT2D eigenvalue weighted by Gasteiger charge is -2.49. The van der Waals surface area contributed by atoms with Crippen LogP contribution in [0, 0.1) is 0 Å². The van der Waals surface area contributed by atoms with E-state index in [1.165, 1.54) is 78.1 Å². The van der Waals surface area contributed by atoms with E-state index >= 15 is 0 Å². The fraction of sp³-hybridized carbons (Fsp3) is 0.328. The highest BCUT2D eigenvalue weighted by Crippen LogP contribution is 2.55. The average molecular weight is 906 g/mol. The number of rotatable bonds is 5. The van der Waals surface area contributed by atoms with Gasteiger partial charge in [-0.3, -0.25) is 4.57 Å². The first-order valence-corrected chi connectivity index (χ1v) is 25.4. The van der Waals surface area contributed by atoms with E-state index in [9.17, 15) is 0 Å². The first-order chi connectivity index (χ1) is 32.5. The van der Waals surface area contributed by atoms with Crippen LogP contribution >= 0.6 is 0 Å². The third-order valence-corrected chi connectivity index (χ3v) is 15.6. The molecule has 0 N–H and O–H groups in total. The Morgan fingerprint density at radius 1 is 0.522 bits per heavy atom. The maximum absolute atomic E-state index is 7.26. The normalized spacial score (nSPS) is 14.7. The highest BCUT2D eigenvalue weighted by atomic mass is 16.5. The quantitative estimate of drug-likeness (QED) is 0.161. The number of aromatic nitrogens is 2. The lowest BCUT2D eigenvalue weighted by atomic mass is 9.33. The van der Waals surface area contributed by atoms with Crippen LogP contribution in [-0.4, -0.2) is 16.3 Å². The molecular formula is C64H68BN3O. The number of imidazole rings is 1. The number of nitrogens with zero attached hydrogens (tertiary/aromatic N) is 3. The molecule has 0 atom stereocenters. The molecule has 69 heavy (non-hydrogen) atoms. The van der Waals surface area contributed by atoms with Gasteiger partial charge in [-0.2, -0.15) is 0 Å². The monoisotopic (exact) mass is 906 g/mol. The van der Waals surface area contributed by atoms with Crippen LogP contribution < -0.4 is 26.0 Å². The van der Waals surface area contributed by atoms with Crippen molar-refractivity contribution in [3.05, 3.63) is 166 Å². The van der Waals surface area contributed by atoms with Crippen molar-refractivity contribution in [2.45, 2.75) is 137 Å². The first kappa shape index (κ1) is 45.1. The van der Waals surface area contributed by atoms with Crippen molar-refractivity contribution >= 4 is 51.2 Å². The molecule has 4 nitrogen and oxygen atoms in total. The van der Waals surface area contributed by atoms with Crippen LogP contribution in [0.2, 0.25) is 0 Å². The number of para-hydroxylation sites is 3. The minimum Gasteiger partial charge on any atom is -0.458 e. The Bertz CT molecular complexity index is 3390. The summed E-state index contributed by atoms with van der Waals surface area (Å²) in [5, 5.41) is 0.